The van der Waals surface area contributed by atoms with E-state index < -0.39 is 0 Å². The van der Waals surface area contributed by atoms with Gasteiger partial charge in [0.25, 0.3) is 5.91 Å². The van der Waals surface area contributed by atoms with Gasteiger partial charge >= 0.3 is 0 Å². The van der Waals surface area contributed by atoms with Gasteiger partial charge in [0.1, 0.15) is 5.82 Å². The van der Waals surface area contributed by atoms with E-state index in [1.807, 2.05) is 19.9 Å². The zero-order chi connectivity index (χ0) is 12.8. The molecule has 0 aliphatic rings. The van der Waals surface area contributed by atoms with E-state index in [0.717, 1.165) is 0 Å². The summed E-state index contributed by atoms with van der Waals surface area (Å²) >= 11 is 0. The van der Waals surface area contributed by atoms with Gasteiger partial charge in [-0.25, -0.2) is 4.98 Å². The first-order valence-corrected chi connectivity index (χ1v) is 5.45. The van der Waals surface area contributed by atoms with Crippen LogP contribution in [0, 0.1) is 11.3 Å². The van der Waals surface area contributed by atoms with Crippen molar-refractivity contribution in [2.24, 2.45) is 0 Å². The maximum atomic E-state index is 12.1. The maximum Gasteiger partial charge on any atom is 0.255 e. The van der Waals surface area contributed by atoms with Crippen molar-refractivity contribution in [3.05, 3.63) is 23.9 Å². The zero-order valence-corrected chi connectivity index (χ0v) is 10.1. The summed E-state index contributed by atoms with van der Waals surface area (Å²) in [5, 5.41) is 8.57. The number of hydrogen-bond acceptors (Lipinski definition) is 4. The van der Waals surface area contributed by atoms with Crippen LogP contribution in [0.25, 0.3) is 0 Å². The lowest BCUT2D eigenvalue weighted by atomic mass is 10.2. The van der Waals surface area contributed by atoms with Crippen molar-refractivity contribution in [3.63, 3.8) is 0 Å². The third-order valence-corrected chi connectivity index (χ3v) is 2.38. The number of rotatable bonds is 4. The number of pyridine rings is 1. The van der Waals surface area contributed by atoms with E-state index in [0.29, 0.717) is 24.3 Å². The van der Waals surface area contributed by atoms with E-state index in [-0.39, 0.29) is 11.9 Å². The Morgan fingerprint density at radius 2 is 2.29 bits per heavy atom. The molecule has 0 aromatic carbocycles. The number of anilines is 1. The first-order chi connectivity index (χ1) is 8.06. The van der Waals surface area contributed by atoms with Crippen LogP contribution in [0.2, 0.25) is 0 Å². The highest BCUT2D eigenvalue weighted by Gasteiger charge is 2.18. The van der Waals surface area contributed by atoms with Crippen molar-refractivity contribution < 1.29 is 4.79 Å². The van der Waals surface area contributed by atoms with Crippen LogP contribution in [0.1, 0.15) is 30.6 Å². The predicted molar refractivity (Wildman–Crippen MR) is 65.1 cm³/mol. The van der Waals surface area contributed by atoms with Gasteiger partial charge in [-0.05, 0) is 26.0 Å². The molecular formula is C12H16N4O. The Morgan fingerprint density at radius 1 is 1.59 bits per heavy atom. The Morgan fingerprint density at radius 3 is 2.76 bits per heavy atom. The maximum absolute atomic E-state index is 12.1. The molecule has 5 heteroatoms. The highest BCUT2D eigenvalue weighted by atomic mass is 16.2. The molecule has 0 aliphatic carbocycles. The van der Waals surface area contributed by atoms with Crippen molar-refractivity contribution in [1.82, 2.24) is 9.88 Å². The van der Waals surface area contributed by atoms with E-state index in [9.17, 15) is 4.79 Å². The quantitative estimate of drug-likeness (QED) is 0.851. The smallest absolute Gasteiger partial charge is 0.255 e. The molecule has 0 aliphatic heterocycles. The summed E-state index contributed by atoms with van der Waals surface area (Å²) < 4.78 is 0. The molecule has 1 aromatic rings. The van der Waals surface area contributed by atoms with Crippen LogP contribution in [0.15, 0.2) is 18.3 Å². The topological polar surface area (TPSA) is 83.0 Å². The van der Waals surface area contributed by atoms with E-state index in [1.165, 1.54) is 6.20 Å². The molecule has 90 valence electrons. The van der Waals surface area contributed by atoms with Gasteiger partial charge in [-0.2, -0.15) is 5.26 Å². The minimum atomic E-state index is -0.122. The summed E-state index contributed by atoms with van der Waals surface area (Å²) in [6.07, 6.45) is 1.78. The molecule has 2 N–H and O–H groups in total. The molecule has 0 unspecified atom stereocenters. The summed E-state index contributed by atoms with van der Waals surface area (Å²) in [4.78, 5) is 17.7. The summed E-state index contributed by atoms with van der Waals surface area (Å²) in [7, 11) is 0. The number of hydrogen-bond donors (Lipinski definition) is 1. The summed E-state index contributed by atoms with van der Waals surface area (Å²) in [5.41, 5.74) is 5.96. The number of nitrogens with two attached hydrogens (primary N) is 1. The molecule has 1 amide bonds. The third kappa shape index (κ3) is 3.45. The molecule has 5 nitrogen and oxygen atoms in total. The summed E-state index contributed by atoms with van der Waals surface area (Å²) in [6, 6.07) is 5.33. The van der Waals surface area contributed by atoms with Gasteiger partial charge in [0.15, 0.2) is 0 Å². The molecule has 1 aromatic heterocycles. The molecule has 0 saturated heterocycles. The average molecular weight is 232 g/mol. The third-order valence-electron chi connectivity index (χ3n) is 2.38. The number of nitrogens with zero attached hydrogens (tertiary/aromatic N) is 3. The molecule has 0 atom stereocenters. The van der Waals surface area contributed by atoms with Crippen LogP contribution < -0.4 is 5.73 Å². The van der Waals surface area contributed by atoms with E-state index in [2.05, 4.69) is 4.98 Å². The van der Waals surface area contributed by atoms with E-state index >= 15 is 0 Å². The largest absolute Gasteiger partial charge is 0.384 e. The molecule has 1 heterocycles. The lowest BCUT2D eigenvalue weighted by Crippen LogP contribution is -2.37. The van der Waals surface area contributed by atoms with Gasteiger partial charge in [-0.15, -0.1) is 0 Å². The lowest BCUT2D eigenvalue weighted by Gasteiger charge is -2.25. The summed E-state index contributed by atoms with van der Waals surface area (Å²) in [6.45, 7) is 4.26. The van der Waals surface area contributed by atoms with Crippen LogP contribution in [0.4, 0.5) is 5.82 Å². The lowest BCUT2D eigenvalue weighted by molar-refractivity contribution is 0.0710. The van der Waals surface area contributed by atoms with Crippen LogP contribution >= 0.6 is 0 Å². The number of nitrogen functional groups attached to an aromatic ring is 1. The molecular weight excluding hydrogens is 216 g/mol. The molecule has 0 saturated carbocycles. The Kier molecular flexibility index (Phi) is 4.46. The van der Waals surface area contributed by atoms with Crippen molar-refractivity contribution in [1.29, 1.82) is 5.26 Å². The van der Waals surface area contributed by atoms with Crippen molar-refractivity contribution in [3.8, 4) is 6.07 Å². The first kappa shape index (κ1) is 13.0. The molecule has 0 spiro atoms. The Balaban J connectivity index is 2.84. The van der Waals surface area contributed by atoms with Crippen LogP contribution in [-0.4, -0.2) is 28.4 Å². The molecule has 1 rings (SSSR count). The van der Waals surface area contributed by atoms with Crippen molar-refractivity contribution >= 4 is 11.7 Å². The number of amides is 1. The second kappa shape index (κ2) is 5.85. The Hall–Kier alpha value is -2.09. The predicted octanol–water partition coefficient (Wildman–Crippen LogP) is 1.43. The fourth-order valence-corrected chi connectivity index (χ4v) is 1.46. The fraction of sp³-hybridized carbons (Fsp3) is 0.417. The molecule has 0 radical (unpaired) electrons. The number of aromatic nitrogens is 1. The van der Waals surface area contributed by atoms with Gasteiger partial charge in [-0.3, -0.25) is 4.79 Å². The first-order valence-electron chi connectivity index (χ1n) is 5.45. The second-order valence-electron chi connectivity index (χ2n) is 3.97. The molecule has 0 fully saturated rings. The van der Waals surface area contributed by atoms with Crippen molar-refractivity contribution in [2.75, 3.05) is 12.3 Å². The Bertz CT molecular complexity index is 419. The van der Waals surface area contributed by atoms with E-state index in [4.69, 9.17) is 11.0 Å². The minimum Gasteiger partial charge on any atom is -0.384 e. The Labute approximate surface area is 101 Å². The van der Waals surface area contributed by atoms with Crippen LogP contribution in [-0.2, 0) is 0 Å². The van der Waals surface area contributed by atoms with Crippen LogP contribution in [0.3, 0.4) is 0 Å². The zero-order valence-electron chi connectivity index (χ0n) is 10.1. The second-order valence-corrected chi connectivity index (χ2v) is 3.97. The van der Waals surface area contributed by atoms with Crippen LogP contribution in [0.5, 0.6) is 0 Å². The monoisotopic (exact) mass is 232 g/mol. The number of carbonyl (C=O) groups is 1. The fourth-order valence-electron chi connectivity index (χ4n) is 1.46. The van der Waals surface area contributed by atoms with Gasteiger partial charge in [-0.1, -0.05) is 0 Å². The molecule has 0 bridgehead atoms. The molecule has 17 heavy (non-hydrogen) atoms. The highest BCUT2D eigenvalue weighted by molar-refractivity contribution is 5.94. The van der Waals surface area contributed by atoms with Gasteiger partial charge in [0, 0.05) is 18.8 Å². The minimum absolute atomic E-state index is 0.0494. The summed E-state index contributed by atoms with van der Waals surface area (Å²) in [5.74, 6) is 0.262. The average Bonchev–Trinajstić information content (AvgIpc) is 2.29. The van der Waals surface area contributed by atoms with E-state index in [1.54, 1.807) is 17.0 Å². The number of carbonyl (C=O) groups excluding carboxylic acids is 1. The van der Waals surface area contributed by atoms with Crippen molar-refractivity contribution in [2.45, 2.75) is 26.3 Å². The van der Waals surface area contributed by atoms with Gasteiger partial charge < -0.3 is 10.6 Å². The highest BCUT2D eigenvalue weighted by Crippen LogP contribution is 2.09. The normalized spacial score (nSPS) is 10.0. The SMILES string of the molecule is CC(C)N(CCC#N)C(=O)c1ccc(N)nc1. The standard InChI is InChI=1S/C12H16N4O/c1-9(2)16(7-3-6-13)12(17)10-4-5-11(14)15-8-10/h4-5,8-9H,3,7H2,1-2H3,(H2,14,15). The number of nitriles is 1. The van der Waals surface area contributed by atoms with Gasteiger partial charge in [0.2, 0.25) is 0 Å². The van der Waals surface area contributed by atoms with Gasteiger partial charge in [0.05, 0.1) is 18.1 Å².